The zero-order valence-electron chi connectivity index (χ0n) is 10.8. The molecule has 5 heteroatoms. The van der Waals surface area contributed by atoms with Gasteiger partial charge in [-0.25, -0.2) is 0 Å². The van der Waals surface area contributed by atoms with E-state index in [0.717, 1.165) is 11.3 Å². The van der Waals surface area contributed by atoms with Gasteiger partial charge in [-0.05, 0) is 24.1 Å². The van der Waals surface area contributed by atoms with E-state index in [1.54, 1.807) is 11.8 Å². The van der Waals surface area contributed by atoms with Crippen molar-refractivity contribution in [2.75, 3.05) is 24.7 Å². The lowest BCUT2D eigenvalue weighted by molar-refractivity contribution is -0.141. The van der Waals surface area contributed by atoms with Gasteiger partial charge in [0.05, 0.1) is 12.5 Å². The fourth-order valence-electron chi connectivity index (χ4n) is 2.04. The molecule has 0 radical (unpaired) electrons. The minimum atomic E-state index is -0.799. The Bertz CT molecular complexity index is 469. The van der Waals surface area contributed by atoms with E-state index in [-0.39, 0.29) is 12.5 Å². The van der Waals surface area contributed by atoms with Crippen LogP contribution in [0.2, 0.25) is 0 Å². The standard InChI is InChI=1S/C14H17NO4/c1-10(14(17)18)8-11-2-4-12(5-3-11)15-6-7-19-9-13(15)16/h2-5,10H,6-9H2,1H3,(H,17,18). The average Bonchev–Trinajstić information content (AvgIpc) is 2.40. The maximum atomic E-state index is 11.7. The van der Waals surface area contributed by atoms with Gasteiger partial charge < -0.3 is 14.7 Å². The van der Waals surface area contributed by atoms with Crippen LogP contribution < -0.4 is 4.90 Å². The van der Waals surface area contributed by atoms with Gasteiger partial charge in [-0.2, -0.15) is 0 Å². The zero-order valence-corrected chi connectivity index (χ0v) is 10.8. The Hall–Kier alpha value is -1.88. The summed E-state index contributed by atoms with van der Waals surface area (Å²) in [5.41, 5.74) is 1.79. The van der Waals surface area contributed by atoms with Crippen LogP contribution in [0.15, 0.2) is 24.3 Å². The molecule has 1 aliphatic rings. The molecule has 19 heavy (non-hydrogen) atoms. The summed E-state index contributed by atoms with van der Waals surface area (Å²) in [5.74, 6) is -1.25. The van der Waals surface area contributed by atoms with Gasteiger partial charge in [-0.3, -0.25) is 9.59 Å². The van der Waals surface area contributed by atoms with Crippen LogP contribution in [-0.4, -0.2) is 36.7 Å². The molecule has 2 rings (SSSR count). The molecule has 1 amide bonds. The Balaban J connectivity index is 2.05. The van der Waals surface area contributed by atoms with Gasteiger partial charge in [-0.1, -0.05) is 19.1 Å². The Labute approximate surface area is 111 Å². The molecule has 1 aromatic carbocycles. The third-order valence-electron chi connectivity index (χ3n) is 3.20. The molecule has 0 aromatic heterocycles. The summed E-state index contributed by atoms with van der Waals surface area (Å²) in [6.07, 6.45) is 0.493. The molecular formula is C14H17NO4. The third kappa shape index (κ3) is 3.32. The number of ether oxygens (including phenoxy) is 1. The van der Waals surface area contributed by atoms with Crippen molar-refractivity contribution in [1.29, 1.82) is 0 Å². The van der Waals surface area contributed by atoms with E-state index in [4.69, 9.17) is 9.84 Å². The second-order valence-electron chi connectivity index (χ2n) is 4.71. The highest BCUT2D eigenvalue weighted by Crippen LogP contribution is 2.19. The van der Waals surface area contributed by atoms with Crippen molar-refractivity contribution < 1.29 is 19.4 Å². The average molecular weight is 263 g/mol. The van der Waals surface area contributed by atoms with E-state index in [1.165, 1.54) is 0 Å². The molecule has 1 heterocycles. The van der Waals surface area contributed by atoms with Crippen LogP contribution in [0.25, 0.3) is 0 Å². The smallest absolute Gasteiger partial charge is 0.306 e. The molecule has 1 aromatic rings. The topological polar surface area (TPSA) is 66.8 Å². The Morgan fingerprint density at radius 3 is 2.68 bits per heavy atom. The minimum absolute atomic E-state index is 0.0436. The predicted molar refractivity (Wildman–Crippen MR) is 70.1 cm³/mol. The van der Waals surface area contributed by atoms with Crippen molar-refractivity contribution in [3.8, 4) is 0 Å². The van der Waals surface area contributed by atoms with E-state index in [9.17, 15) is 9.59 Å². The number of nitrogens with zero attached hydrogens (tertiary/aromatic N) is 1. The molecular weight excluding hydrogens is 246 g/mol. The number of hydrogen-bond acceptors (Lipinski definition) is 3. The number of anilines is 1. The van der Waals surface area contributed by atoms with E-state index >= 15 is 0 Å². The van der Waals surface area contributed by atoms with E-state index in [0.29, 0.717) is 19.6 Å². The van der Waals surface area contributed by atoms with Crippen LogP contribution in [0, 0.1) is 5.92 Å². The lowest BCUT2D eigenvalue weighted by Crippen LogP contribution is -2.41. The number of carbonyl (C=O) groups excluding carboxylic acids is 1. The monoisotopic (exact) mass is 263 g/mol. The first-order chi connectivity index (χ1) is 9.08. The van der Waals surface area contributed by atoms with Gasteiger partial charge >= 0.3 is 5.97 Å². The highest BCUT2D eigenvalue weighted by Gasteiger charge is 2.20. The Kier molecular flexibility index (Phi) is 4.16. The number of morpholine rings is 1. The third-order valence-corrected chi connectivity index (χ3v) is 3.20. The molecule has 0 saturated carbocycles. The van der Waals surface area contributed by atoms with Crippen molar-refractivity contribution in [2.24, 2.45) is 5.92 Å². The maximum Gasteiger partial charge on any atom is 0.306 e. The highest BCUT2D eigenvalue weighted by atomic mass is 16.5. The van der Waals surface area contributed by atoms with Gasteiger partial charge in [0.2, 0.25) is 0 Å². The molecule has 5 nitrogen and oxygen atoms in total. The van der Waals surface area contributed by atoms with Crippen LogP contribution >= 0.6 is 0 Å². The van der Waals surface area contributed by atoms with E-state index in [1.807, 2.05) is 24.3 Å². The first kappa shape index (κ1) is 13.5. The molecule has 0 aliphatic carbocycles. The van der Waals surface area contributed by atoms with Gasteiger partial charge in [0, 0.05) is 12.2 Å². The van der Waals surface area contributed by atoms with Crippen molar-refractivity contribution >= 4 is 17.6 Å². The first-order valence-corrected chi connectivity index (χ1v) is 6.28. The first-order valence-electron chi connectivity index (χ1n) is 6.28. The summed E-state index contributed by atoms with van der Waals surface area (Å²) in [6.45, 7) is 2.91. The van der Waals surface area contributed by atoms with Gasteiger partial charge in [0.15, 0.2) is 0 Å². The van der Waals surface area contributed by atoms with Gasteiger partial charge in [0.1, 0.15) is 6.61 Å². The number of carbonyl (C=O) groups is 2. The normalized spacial score (nSPS) is 17.3. The number of rotatable bonds is 4. The fourth-order valence-corrected chi connectivity index (χ4v) is 2.04. The molecule has 102 valence electrons. The van der Waals surface area contributed by atoms with Gasteiger partial charge in [-0.15, -0.1) is 0 Å². The summed E-state index contributed by atoms with van der Waals surface area (Å²) in [5, 5.41) is 8.87. The molecule has 1 aliphatic heterocycles. The fraction of sp³-hybridized carbons (Fsp3) is 0.429. The molecule has 0 spiro atoms. The van der Waals surface area contributed by atoms with Crippen molar-refractivity contribution in [3.05, 3.63) is 29.8 Å². The largest absolute Gasteiger partial charge is 0.481 e. The Morgan fingerprint density at radius 1 is 1.42 bits per heavy atom. The van der Waals surface area contributed by atoms with Crippen LogP contribution in [0.5, 0.6) is 0 Å². The summed E-state index contributed by atoms with van der Waals surface area (Å²) >= 11 is 0. The number of carboxylic acids is 1. The number of amides is 1. The lowest BCUT2D eigenvalue weighted by atomic mass is 10.0. The summed E-state index contributed by atoms with van der Waals surface area (Å²) in [6, 6.07) is 7.45. The second kappa shape index (κ2) is 5.84. The minimum Gasteiger partial charge on any atom is -0.481 e. The molecule has 1 atom stereocenters. The van der Waals surface area contributed by atoms with Crippen molar-refractivity contribution in [1.82, 2.24) is 0 Å². The van der Waals surface area contributed by atoms with Crippen molar-refractivity contribution in [2.45, 2.75) is 13.3 Å². The Morgan fingerprint density at radius 2 is 2.11 bits per heavy atom. The summed E-state index contributed by atoms with van der Waals surface area (Å²) < 4.78 is 5.08. The van der Waals surface area contributed by atoms with E-state index < -0.39 is 11.9 Å². The number of carboxylic acid groups (broad SMARTS) is 1. The maximum absolute atomic E-state index is 11.7. The SMILES string of the molecule is CC(Cc1ccc(N2CCOCC2=O)cc1)C(=O)O. The summed E-state index contributed by atoms with van der Waals surface area (Å²) in [4.78, 5) is 24.2. The number of hydrogen-bond donors (Lipinski definition) is 1. The van der Waals surface area contributed by atoms with Crippen LogP contribution in [0.4, 0.5) is 5.69 Å². The van der Waals surface area contributed by atoms with Crippen molar-refractivity contribution in [3.63, 3.8) is 0 Å². The number of benzene rings is 1. The van der Waals surface area contributed by atoms with Crippen LogP contribution in [-0.2, 0) is 20.7 Å². The second-order valence-corrected chi connectivity index (χ2v) is 4.71. The molecule has 1 unspecified atom stereocenters. The molecule has 1 fully saturated rings. The van der Waals surface area contributed by atoms with Gasteiger partial charge in [0.25, 0.3) is 5.91 Å². The summed E-state index contributed by atoms with van der Waals surface area (Å²) in [7, 11) is 0. The molecule has 1 saturated heterocycles. The van der Waals surface area contributed by atoms with Crippen LogP contribution in [0.1, 0.15) is 12.5 Å². The van der Waals surface area contributed by atoms with Crippen LogP contribution in [0.3, 0.4) is 0 Å². The predicted octanol–water partition coefficient (Wildman–Crippen LogP) is 1.31. The molecule has 1 N–H and O–H groups in total. The lowest BCUT2D eigenvalue weighted by Gasteiger charge is -2.27. The van der Waals surface area contributed by atoms with E-state index in [2.05, 4.69) is 0 Å². The molecule has 0 bridgehead atoms. The highest BCUT2D eigenvalue weighted by molar-refractivity contribution is 5.94. The quantitative estimate of drug-likeness (QED) is 0.889. The number of aliphatic carboxylic acids is 1. The zero-order chi connectivity index (χ0) is 13.8.